The molecule has 0 saturated heterocycles. The van der Waals surface area contributed by atoms with Gasteiger partial charge in [0.1, 0.15) is 11.6 Å². The summed E-state index contributed by atoms with van der Waals surface area (Å²) in [5, 5.41) is 1.58. The number of hydrogen-bond acceptors (Lipinski definition) is 3. The molecule has 0 aliphatic rings. The van der Waals surface area contributed by atoms with Crippen molar-refractivity contribution >= 4 is 29.2 Å². The summed E-state index contributed by atoms with van der Waals surface area (Å²) in [4.78, 5) is 25.2. The predicted molar refractivity (Wildman–Crippen MR) is 95.3 cm³/mol. The van der Waals surface area contributed by atoms with Gasteiger partial charge in [0.2, 0.25) is 0 Å². The number of halogens is 7. The maximum atomic E-state index is 14.3. The van der Waals surface area contributed by atoms with E-state index in [0.717, 1.165) is 18.2 Å². The van der Waals surface area contributed by atoms with Gasteiger partial charge in [0.15, 0.2) is 5.82 Å². The lowest BCUT2D eigenvalue weighted by molar-refractivity contribution is -0.236. The highest BCUT2D eigenvalue weighted by Gasteiger charge is 2.42. The molecular formula is C18H13ClF6N2O3. The molecule has 162 valence electrons. The van der Waals surface area contributed by atoms with Gasteiger partial charge < -0.3 is 4.74 Å². The minimum Gasteiger partial charge on any atom is -0.452 e. The second-order valence-electron chi connectivity index (χ2n) is 5.69. The van der Waals surface area contributed by atoms with E-state index in [0.29, 0.717) is 11.0 Å². The van der Waals surface area contributed by atoms with Gasteiger partial charge in [-0.1, -0.05) is 17.7 Å². The summed E-state index contributed by atoms with van der Waals surface area (Å²) in [5.74, 6) is -4.18. The minimum atomic E-state index is -5.31. The first-order chi connectivity index (χ1) is 14.0. The highest BCUT2D eigenvalue weighted by molar-refractivity contribution is 6.34. The first-order valence-corrected chi connectivity index (χ1v) is 8.57. The van der Waals surface area contributed by atoms with E-state index in [2.05, 4.69) is 4.74 Å². The van der Waals surface area contributed by atoms with E-state index < -0.39 is 53.1 Å². The fraction of sp³-hybridized carbons (Fsp3) is 0.222. The van der Waals surface area contributed by atoms with Crippen LogP contribution >= 0.6 is 11.6 Å². The lowest BCUT2D eigenvalue weighted by atomic mass is 10.2. The second kappa shape index (κ2) is 9.24. The molecule has 0 aromatic heterocycles. The van der Waals surface area contributed by atoms with Crippen LogP contribution in [0, 0.1) is 11.6 Å². The third kappa shape index (κ3) is 5.35. The van der Waals surface area contributed by atoms with Gasteiger partial charge in [-0.2, -0.15) is 17.6 Å². The number of benzene rings is 2. The zero-order chi connectivity index (χ0) is 22.6. The Bertz CT molecular complexity index is 934. The maximum Gasteiger partial charge on any atom is 0.457 e. The van der Waals surface area contributed by atoms with Gasteiger partial charge in [-0.05, 0) is 31.2 Å². The SMILES string of the molecule is CCN(C(=O)NC(=O)c1c(F)cccc1Cl)c1ccc(OC(F)C(F)(F)F)cc1F. The number of alkyl halides is 4. The largest absolute Gasteiger partial charge is 0.457 e. The fourth-order valence-corrected chi connectivity index (χ4v) is 2.58. The number of ether oxygens (including phenoxy) is 1. The van der Waals surface area contributed by atoms with Crippen LogP contribution in [-0.2, 0) is 0 Å². The monoisotopic (exact) mass is 454 g/mol. The Balaban J connectivity index is 2.20. The molecule has 5 nitrogen and oxygen atoms in total. The van der Waals surface area contributed by atoms with E-state index in [9.17, 15) is 35.9 Å². The van der Waals surface area contributed by atoms with Gasteiger partial charge in [-0.3, -0.25) is 15.0 Å². The number of anilines is 1. The molecule has 0 aliphatic heterocycles. The lowest BCUT2D eigenvalue weighted by Crippen LogP contribution is -2.43. The summed E-state index contributed by atoms with van der Waals surface area (Å²) < 4.78 is 81.6. The van der Waals surface area contributed by atoms with Crippen LogP contribution in [0.25, 0.3) is 0 Å². The third-order valence-electron chi connectivity index (χ3n) is 3.68. The predicted octanol–water partition coefficient (Wildman–Crippen LogP) is 5.23. The summed E-state index contributed by atoms with van der Waals surface area (Å²) in [6, 6.07) is 4.36. The van der Waals surface area contributed by atoms with Crippen molar-refractivity contribution in [3.8, 4) is 5.75 Å². The molecule has 3 amide bonds. The summed E-state index contributed by atoms with van der Waals surface area (Å²) in [7, 11) is 0. The summed E-state index contributed by atoms with van der Waals surface area (Å²) in [5.41, 5.74) is -1.05. The molecule has 2 rings (SSSR count). The van der Waals surface area contributed by atoms with Crippen LogP contribution in [0.5, 0.6) is 5.75 Å². The number of nitrogens with zero attached hydrogens (tertiary/aromatic N) is 1. The van der Waals surface area contributed by atoms with Gasteiger partial charge in [0.05, 0.1) is 16.3 Å². The van der Waals surface area contributed by atoms with Crippen molar-refractivity contribution in [2.24, 2.45) is 0 Å². The molecule has 1 atom stereocenters. The number of hydrogen-bond donors (Lipinski definition) is 1. The molecule has 1 unspecified atom stereocenters. The van der Waals surface area contributed by atoms with Crippen LogP contribution in [0.3, 0.4) is 0 Å². The average Bonchev–Trinajstić information content (AvgIpc) is 2.63. The zero-order valence-corrected chi connectivity index (χ0v) is 15.8. The van der Waals surface area contributed by atoms with Crippen molar-refractivity contribution in [3.05, 3.63) is 58.6 Å². The Morgan fingerprint density at radius 3 is 2.37 bits per heavy atom. The quantitative estimate of drug-likeness (QED) is 0.629. The van der Waals surface area contributed by atoms with E-state index in [-0.39, 0.29) is 11.6 Å². The third-order valence-corrected chi connectivity index (χ3v) is 3.99. The van der Waals surface area contributed by atoms with Crippen molar-refractivity contribution in [1.29, 1.82) is 0 Å². The fourth-order valence-electron chi connectivity index (χ4n) is 2.33. The molecule has 2 aromatic rings. The Kier molecular flexibility index (Phi) is 7.19. The first kappa shape index (κ1) is 23.3. The molecule has 0 aliphatic carbocycles. The number of urea groups is 1. The summed E-state index contributed by atoms with van der Waals surface area (Å²) in [6.45, 7) is 1.22. The van der Waals surface area contributed by atoms with E-state index in [1.54, 1.807) is 0 Å². The Morgan fingerprint density at radius 1 is 1.17 bits per heavy atom. The highest BCUT2D eigenvalue weighted by atomic mass is 35.5. The van der Waals surface area contributed by atoms with E-state index in [4.69, 9.17) is 11.6 Å². The van der Waals surface area contributed by atoms with Gasteiger partial charge in [-0.15, -0.1) is 0 Å². The van der Waals surface area contributed by atoms with Crippen LogP contribution in [0.2, 0.25) is 5.02 Å². The van der Waals surface area contributed by atoms with Crippen LogP contribution in [-0.4, -0.2) is 31.0 Å². The molecule has 0 fully saturated rings. The van der Waals surface area contributed by atoms with Crippen LogP contribution in [0.4, 0.5) is 36.8 Å². The molecule has 1 N–H and O–H groups in total. The van der Waals surface area contributed by atoms with E-state index in [1.165, 1.54) is 19.1 Å². The molecule has 2 aromatic carbocycles. The van der Waals surface area contributed by atoms with Crippen LogP contribution < -0.4 is 15.0 Å². The molecule has 0 spiro atoms. The second-order valence-corrected chi connectivity index (χ2v) is 6.10. The van der Waals surface area contributed by atoms with Crippen molar-refractivity contribution in [1.82, 2.24) is 5.32 Å². The number of nitrogens with one attached hydrogen (secondary N) is 1. The van der Waals surface area contributed by atoms with Crippen LogP contribution in [0.15, 0.2) is 36.4 Å². The Morgan fingerprint density at radius 2 is 1.83 bits per heavy atom. The van der Waals surface area contributed by atoms with E-state index in [1.807, 2.05) is 5.32 Å². The molecular weight excluding hydrogens is 442 g/mol. The van der Waals surface area contributed by atoms with E-state index >= 15 is 0 Å². The Labute approximate surface area is 171 Å². The number of carbonyl (C=O) groups excluding carboxylic acids is 2. The van der Waals surface area contributed by atoms with Gasteiger partial charge in [-0.25, -0.2) is 13.6 Å². The number of imide groups is 1. The molecule has 12 heteroatoms. The van der Waals surface area contributed by atoms with Gasteiger partial charge in [0, 0.05) is 12.6 Å². The number of rotatable bonds is 5. The van der Waals surface area contributed by atoms with Crippen LogP contribution in [0.1, 0.15) is 17.3 Å². The highest BCUT2D eigenvalue weighted by Crippen LogP contribution is 2.29. The average molecular weight is 455 g/mol. The van der Waals surface area contributed by atoms with Crippen molar-refractivity contribution in [2.75, 3.05) is 11.4 Å². The molecule has 0 heterocycles. The smallest absolute Gasteiger partial charge is 0.452 e. The topological polar surface area (TPSA) is 58.6 Å². The minimum absolute atomic E-state index is 0.185. The number of amides is 3. The maximum absolute atomic E-state index is 14.3. The standard InChI is InChI=1S/C18H13ClF6N2O3/c1-2-27(17(29)26-15(28)14-10(19)4-3-5-11(14)20)13-7-6-9(8-12(13)21)30-16(22)18(23,24)25/h3-8,16H,2H2,1H3,(H,26,28,29). The normalized spacial score (nSPS) is 12.3. The van der Waals surface area contributed by atoms with Crippen molar-refractivity contribution in [3.63, 3.8) is 0 Å². The van der Waals surface area contributed by atoms with Crippen molar-refractivity contribution in [2.45, 2.75) is 19.5 Å². The first-order valence-electron chi connectivity index (χ1n) is 8.19. The zero-order valence-electron chi connectivity index (χ0n) is 15.1. The summed E-state index contributed by atoms with van der Waals surface area (Å²) in [6.07, 6.45) is -8.98. The molecule has 0 bridgehead atoms. The Hall–Kier alpha value is -2.95. The van der Waals surface area contributed by atoms with Crippen molar-refractivity contribution < 1.29 is 40.7 Å². The summed E-state index contributed by atoms with van der Waals surface area (Å²) >= 11 is 5.74. The lowest BCUT2D eigenvalue weighted by Gasteiger charge is -2.22. The molecule has 30 heavy (non-hydrogen) atoms. The molecule has 0 radical (unpaired) electrons. The van der Waals surface area contributed by atoms with Gasteiger partial charge >= 0.3 is 18.6 Å². The number of carbonyl (C=O) groups is 2. The van der Waals surface area contributed by atoms with Gasteiger partial charge in [0.25, 0.3) is 5.91 Å². The molecule has 0 saturated carbocycles.